The summed E-state index contributed by atoms with van der Waals surface area (Å²) in [6, 6.07) is 8.11. The third-order valence-corrected chi connectivity index (χ3v) is 7.51. The number of benzene rings is 1. The first-order chi connectivity index (χ1) is 16.6. The molecule has 35 heavy (non-hydrogen) atoms. The summed E-state index contributed by atoms with van der Waals surface area (Å²) in [5.41, 5.74) is -0.820. The molecule has 1 atom stereocenters. The Kier molecular flexibility index (Phi) is 7.59. The molecule has 0 bridgehead atoms. The Bertz CT molecular complexity index is 1030. The number of hydrogen-bond donors (Lipinski definition) is 1. The van der Waals surface area contributed by atoms with Crippen LogP contribution < -0.4 is 0 Å². The molecule has 1 N–H and O–H groups in total. The normalized spacial score (nSPS) is 25.0. The van der Waals surface area contributed by atoms with E-state index in [4.69, 9.17) is 0 Å². The van der Waals surface area contributed by atoms with Gasteiger partial charge in [-0.3, -0.25) is 14.6 Å². The number of alkyl halides is 3. The molecular weight excluding hydrogens is 457 g/mol. The number of likely N-dealkylation sites (tertiary alicyclic amines) is 1. The summed E-state index contributed by atoms with van der Waals surface area (Å²) in [5.74, 6) is 0.327. The van der Waals surface area contributed by atoms with Crippen LogP contribution in [0, 0.1) is 11.8 Å². The van der Waals surface area contributed by atoms with Crippen molar-refractivity contribution < 1.29 is 27.9 Å². The minimum Gasteiger partial charge on any atom is -0.385 e. The Morgan fingerprint density at radius 1 is 1.06 bits per heavy atom. The fraction of sp³-hybridized carbons (Fsp3) is 0.519. The van der Waals surface area contributed by atoms with Crippen LogP contribution in [0.3, 0.4) is 0 Å². The van der Waals surface area contributed by atoms with Gasteiger partial charge in [-0.25, -0.2) is 0 Å². The molecule has 0 unspecified atom stereocenters. The van der Waals surface area contributed by atoms with Gasteiger partial charge in [-0.05, 0) is 68.6 Å². The molecule has 0 spiro atoms. The number of aliphatic hydroxyl groups is 1. The Morgan fingerprint density at radius 3 is 2.51 bits per heavy atom. The summed E-state index contributed by atoms with van der Waals surface area (Å²) in [6.45, 7) is 1.30. The van der Waals surface area contributed by atoms with Gasteiger partial charge in [0.05, 0.1) is 11.2 Å². The average Bonchev–Trinajstić information content (AvgIpc) is 3.32. The van der Waals surface area contributed by atoms with E-state index in [-0.39, 0.29) is 24.3 Å². The highest BCUT2D eigenvalue weighted by atomic mass is 19.4. The third-order valence-electron chi connectivity index (χ3n) is 7.51. The van der Waals surface area contributed by atoms with Crippen LogP contribution in [0.2, 0.25) is 0 Å². The maximum atomic E-state index is 12.9. The summed E-state index contributed by atoms with van der Waals surface area (Å²) in [5, 5.41) is 11.0. The molecule has 1 aromatic heterocycles. The van der Waals surface area contributed by atoms with E-state index in [9.17, 15) is 27.9 Å². The topological polar surface area (TPSA) is 70.5 Å². The first kappa shape index (κ1) is 25.4. The lowest BCUT2D eigenvalue weighted by Crippen LogP contribution is -2.32. The van der Waals surface area contributed by atoms with Crippen LogP contribution in [-0.4, -0.2) is 39.8 Å². The Morgan fingerprint density at radius 2 is 1.83 bits per heavy atom. The minimum atomic E-state index is -4.51. The fourth-order valence-electron chi connectivity index (χ4n) is 5.43. The summed E-state index contributed by atoms with van der Waals surface area (Å²) >= 11 is 0. The van der Waals surface area contributed by atoms with Gasteiger partial charge in [0, 0.05) is 49.5 Å². The van der Waals surface area contributed by atoms with Crippen molar-refractivity contribution in [1.82, 2.24) is 9.88 Å². The van der Waals surface area contributed by atoms with E-state index in [1.54, 1.807) is 17.3 Å². The number of aromatic nitrogens is 1. The number of pyridine rings is 1. The maximum absolute atomic E-state index is 12.9. The van der Waals surface area contributed by atoms with Crippen LogP contribution in [0.15, 0.2) is 48.8 Å². The van der Waals surface area contributed by atoms with Crippen molar-refractivity contribution in [2.45, 2.75) is 63.1 Å². The molecule has 1 aromatic carbocycles. The Labute approximate surface area is 203 Å². The molecule has 2 aromatic rings. The van der Waals surface area contributed by atoms with Crippen molar-refractivity contribution in [3.05, 3.63) is 65.5 Å². The molecule has 2 fully saturated rings. The number of amides is 1. The van der Waals surface area contributed by atoms with E-state index in [2.05, 4.69) is 4.98 Å². The monoisotopic (exact) mass is 488 g/mol. The highest BCUT2D eigenvalue weighted by molar-refractivity contribution is 5.98. The summed E-state index contributed by atoms with van der Waals surface area (Å²) in [6.07, 6.45) is 4.03. The highest BCUT2D eigenvalue weighted by Crippen LogP contribution is 2.42. The van der Waals surface area contributed by atoms with E-state index < -0.39 is 23.1 Å². The molecule has 1 amide bonds. The van der Waals surface area contributed by atoms with E-state index >= 15 is 0 Å². The van der Waals surface area contributed by atoms with E-state index in [1.807, 2.05) is 12.1 Å². The molecule has 0 radical (unpaired) electrons. The Hall–Kier alpha value is -2.74. The number of Topliss-reactive ketones (excluding diaryl/α,β-unsaturated/α-hetero) is 1. The first-order valence-electron chi connectivity index (χ1n) is 12.3. The highest BCUT2D eigenvalue weighted by Gasteiger charge is 2.37. The van der Waals surface area contributed by atoms with Crippen LogP contribution in [-0.2, 0) is 16.6 Å². The van der Waals surface area contributed by atoms with Gasteiger partial charge in [0.2, 0.25) is 5.91 Å². The van der Waals surface area contributed by atoms with E-state index in [0.29, 0.717) is 37.8 Å². The van der Waals surface area contributed by atoms with Crippen LogP contribution in [0.5, 0.6) is 0 Å². The zero-order valence-corrected chi connectivity index (χ0v) is 19.6. The molecule has 4 rings (SSSR count). The number of hydrogen-bond acceptors (Lipinski definition) is 4. The fourth-order valence-corrected chi connectivity index (χ4v) is 5.43. The molecular formula is C27H31F3N2O3. The summed E-state index contributed by atoms with van der Waals surface area (Å²) < 4.78 is 38.6. The summed E-state index contributed by atoms with van der Waals surface area (Å²) in [4.78, 5) is 30.9. The molecule has 2 heterocycles. The van der Waals surface area contributed by atoms with E-state index in [0.717, 1.165) is 43.4 Å². The largest absolute Gasteiger partial charge is 0.416 e. The van der Waals surface area contributed by atoms with Crippen LogP contribution in [0.1, 0.15) is 72.9 Å². The second-order valence-corrected chi connectivity index (χ2v) is 9.95. The van der Waals surface area contributed by atoms with Crippen LogP contribution in [0.4, 0.5) is 13.2 Å². The zero-order chi connectivity index (χ0) is 25.1. The van der Waals surface area contributed by atoms with Crippen molar-refractivity contribution in [3.63, 3.8) is 0 Å². The van der Waals surface area contributed by atoms with Gasteiger partial charge in [0.15, 0.2) is 5.78 Å². The van der Waals surface area contributed by atoms with Gasteiger partial charge < -0.3 is 10.0 Å². The van der Waals surface area contributed by atoms with Gasteiger partial charge in [-0.2, -0.15) is 13.2 Å². The van der Waals surface area contributed by atoms with Crippen molar-refractivity contribution >= 4 is 11.7 Å². The van der Waals surface area contributed by atoms with Gasteiger partial charge in [0.25, 0.3) is 0 Å². The predicted octanol–water partition coefficient (Wildman–Crippen LogP) is 5.38. The smallest absolute Gasteiger partial charge is 0.385 e. The lowest BCUT2D eigenvalue weighted by molar-refractivity contribution is -0.137. The minimum absolute atomic E-state index is 0.00334. The van der Waals surface area contributed by atoms with Crippen molar-refractivity contribution in [2.24, 2.45) is 11.8 Å². The number of halogens is 3. The van der Waals surface area contributed by atoms with E-state index in [1.165, 1.54) is 12.1 Å². The lowest BCUT2D eigenvalue weighted by atomic mass is 9.73. The molecule has 2 aliphatic rings. The molecule has 5 nitrogen and oxygen atoms in total. The number of nitrogens with zero attached hydrogens (tertiary/aromatic N) is 2. The van der Waals surface area contributed by atoms with Gasteiger partial charge in [0.1, 0.15) is 0 Å². The molecule has 1 saturated heterocycles. The molecule has 8 heteroatoms. The van der Waals surface area contributed by atoms with Gasteiger partial charge >= 0.3 is 6.18 Å². The number of ketones is 1. The van der Waals surface area contributed by atoms with Crippen LogP contribution >= 0.6 is 0 Å². The lowest BCUT2D eigenvalue weighted by Gasteiger charge is -2.37. The first-order valence-corrected chi connectivity index (χ1v) is 12.3. The average molecular weight is 489 g/mol. The third kappa shape index (κ3) is 6.28. The second kappa shape index (κ2) is 10.5. The quantitative estimate of drug-likeness (QED) is 0.532. The second-order valence-electron chi connectivity index (χ2n) is 9.95. The van der Waals surface area contributed by atoms with Crippen molar-refractivity contribution in [1.29, 1.82) is 0 Å². The number of carbonyl (C=O) groups excluding carboxylic acids is 2. The van der Waals surface area contributed by atoms with Gasteiger partial charge in [-0.1, -0.05) is 18.2 Å². The molecule has 1 saturated carbocycles. The summed E-state index contributed by atoms with van der Waals surface area (Å²) in [7, 11) is 0. The molecule has 1 aliphatic heterocycles. The Balaban J connectivity index is 1.21. The number of carbonyl (C=O) groups is 2. The molecule has 188 valence electrons. The zero-order valence-electron chi connectivity index (χ0n) is 19.6. The van der Waals surface area contributed by atoms with Crippen LogP contribution in [0.25, 0.3) is 0 Å². The molecule has 1 aliphatic carbocycles. The predicted molar refractivity (Wildman–Crippen MR) is 124 cm³/mol. The maximum Gasteiger partial charge on any atom is 0.416 e. The number of rotatable bonds is 7. The van der Waals surface area contributed by atoms with Crippen molar-refractivity contribution in [2.75, 3.05) is 13.1 Å². The van der Waals surface area contributed by atoms with Crippen molar-refractivity contribution in [3.8, 4) is 0 Å². The SMILES string of the molecule is O=C(CCC(=O)N1CC[C@H](CC2CCC(O)(c3cccnc3)CC2)C1)c1cccc(C(F)(F)F)c1. The van der Waals surface area contributed by atoms with Gasteiger partial charge in [-0.15, -0.1) is 0 Å². The standard InChI is InChI=1S/C27H31F3N2O3/c28-27(29,30)22-4-1-3-21(16-22)24(33)6-7-25(34)32-14-10-20(18-32)15-19-8-11-26(35,12-9-19)23-5-2-13-31-17-23/h1-5,13,16-17,19-20,35H,6-12,14-15,18H2/t19?,20-,26?/m1/s1.